The molecule has 0 aromatic heterocycles. The van der Waals surface area contributed by atoms with Crippen LogP contribution in [-0.2, 0) is 6.54 Å². The van der Waals surface area contributed by atoms with Gasteiger partial charge in [-0.15, -0.1) is 0 Å². The van der Waals surface area contributed by atoms with E-state index in [9.17, 15) is 18.7 Å². The van der Waals surface area contributed by atoms with Gasteiger partial charge in [0.1, 0.15) is 11.6 Å². The van der Waals surface area contributed by atoms with Gasteiger partial charge in [0.15, 0.2) is 11.5 Å². The number of carbonyl (C=O) groups excluding carboxylic acids is 1. The van der Waals surface area contributed by atoms with Gasteiger partial charge in [-0.2, -0.15) is 0 Å². The summed E-state index contributed by atoms with van der Waals surface area (Å²) in [5.74, 6) is -1.82. The topological polar surface area (TPSA) is 58.6 Å². The van der Waals surface area contributed by atoms with Crippen LogP contribution in [0.2, 0.25) is 0 Å². The van der Waals surface area contributed by atoms with Crippen LogP contribution in [0.4, 0.5) is 8.78 Å². The Bertz CT molecular complexity index is 674. The van der Waals surface area contributed by atoms with Crippen molar-refractivity contribution in [1.29, 1.82) is 0 Å². The number of aromatic hydroxyl groups is 1. The molecule has 0 bridgehead atoms. The van der Waals surface area contributed by atoms with E-state index in [1.807, 2.05) is 0 Å². The fourth-order valence-electron chi connectivity index (χ4n) is 1.77. The number of phenols is 1. The third kappa shape index (κ3) is 3.47. The average molecular weight is 293 g/mol. The molecule has 0 fully saturated rings. The van der Waals surface area contributed by atoms with Crippen LogP contribution < -0.4 is 10.1 Å². The first-order valence-electron chi connectivity index (χ1n) is 6.10. The maximum Gasteiger partial charge on any atom is 0.251 e. The fourth-order valence-corrected chi connectivity index (χ4v) is 1.77. The number of ether oxygens (including phenoxy) is 1. The van der Waals surface area contributed by atoms with Crippen LogP contribution in [0.25, 0.3) is 0 Å². The van der Waals surface area contributed by atoms with Gasteiger partial charge >= 0.3 is 0 Å². The summed E-state index contributed by atoms with van der Waals surface area (Å²) >= 11 is 0. The summed E-state index contributed by atoms with van der Waals surface area (Å²) in [6.45, 7) is -0.0856. The Hall–Kier alpha value is -2.63. The molecule has 0 saturated heterocycles. The number of methoxy groups -OCH3 is 1. The number of rotatable bonds is 4. The van der Waals surface area contributed by atoms with E-state index in [0.717, 1.165) is 12.1 Å². The first kappa shape index (κ1) is 14.8. The zero-order valence-electron chi connectivity index (χ0n) is 11.2. The Kier molecular flexibility index (Phi) is 4.37. The Morgan fingerprint density at radius 2 is 2.00 bits per heavy atom. The molecule has 6 heteroatoms. The minimum Gasteiger partial charge on any atom is -0.504 e. The van der Waals surface area contributed by atoms with Crippen LogP contribution in [0.5, 0.6) is 11.5 Å². The van der Waals surface area contributed by atoms with Crippen molar-refractivity contribution in [3.63, 3.8) is 0 Å². The lowest BCUT2D eigenvalue weighted by Crippen LogP contribution is -2.23. The Morgan fingerprint density at radius 1 is 1.24 bits per heavy atom. The number of hydrogen-bond acceptors (Lipinski definition) is 3. The molecule has 0 spiro atoms. The molecular weight excluding hydrogens is 280 g/mol. The highest BCUT2D eigenvalue weighted by atomic mass is 19.1. The molecule has 2 aromatic carbocycles. The summed E-state index contributed by atoms with van der Waals surface area (Å²) in [5, 5.41) is 12.1. The molecule has 21 heavy (non-hydrogen) atoms. The summed E-state index contributed by atoms with van der Waals surface area (Å²) in [7, 11) is 1.39. The summed E-state index contributed by atoms with van der Waals surface area (Å²) < 4.78 is 31.0. The third-order valence-corrected chi connectivity index (χ3v) is 2.90. The predicted octanol–water partition coefficient (Wildman–Crippen LogP) is 2.61. The number of nitrogens with one attached hydrogen (secondary N) is 1. The standard InChI is InChI=1S/C15H13F2NO3/c1-21-14-5-3-9(6-13(14)19)15(20)18-8-10-2-4-11(16)7-12(10)17/h2-7,19H,8H2,1H3,(H,18,20). The van der Waals surface area contributed by atoms with Gasteiger partial charge in [-0.05, 0) is 24.3 Å². The number of amides is 1. The maximum absolute atomic E-state index is 13.4. The summed E-state index contributed by atoms with van der Waals surface area (Å²) in [5.41, 5.74) is 0.373. The van der Waals surface area contributed by atoms with E-state index >= 15 is 0 Å². The molecule has 0 heterocycles. The van der Waals surface area contributed by atoms with E-state index < -0.39 is 17.5 Å². The molecule has 2 aromatic rings. The summed E-state index contributed by atoms with van der Waals surface area (Å²) in [6, 6.07) is 7.29. The second-order valence-electron chi connectivity index (χ2n) is 4.31. The molecule has 0 unspecified atom stereocenters. The quantitative estimate of drug-likeness (QED) is 0.911. The minimum absolute atomic E-state index is 0.0856. The second kappa shape index (κ2) is 6.21. The van der Waals surface area contributed by atoms with Gasteiger partial charge in [-0.25, -0.2) is 8.78 Å². The lowest BCUT2D eigenvalue weighted by atomic mass is 10.1. The molecule has 4 nitrogen and oxygen atoms in total. The van der Waals surface area contributed by atoms with Gasteiger partial charge in [0.05, 0.1) is 7.11 Å². The van der Waals surface area contributed by atoms with Crippen molar-refractivity contribution in [3.8, 4) is 11.5 Å². The first-order valence-corrected chi connectivity index (χ1v) is 6.10. The van der Waals surface area contributed by atoms with Crippen molar-refractivity contribution in [2.45, 2.75) is 6.54 Å². The molecule has 110 valence electrons. The highest BCUT2D eigenvalue weighted by molar-refractivity contribution is 5.94. The average Bonchev–Trinajstić information content (AvgIpc) is 2.46. The Morgan fingerprint density at radius 3 is 2.62 bits per heavy atom. The van der Waals surface area contributed by atoms with E-state index in [0.29, 0.717) is 0 Å². The first-order chi connectivity index (χ1) is 10.0. The van der Waals surface area contributed by atoms with Gasteiger partial charge in [-0.3, -0.25) is 4.79 Å². The monoisotopic (exact) mass is 293 g/mol. The van der Waals surface area contributed by atoms with Gasteiger partial charge in [0.2, 0.25) is 0 Å². The van der Waals surface area contributed by atoms with E-state index in [-0.39, 0.29) is 29.2 Å². The molecular formula is C15H13F2NO3. The molecule has 2 rings (SSSR count). The van der Waals surface area contributed by atoms with Crippen LogP contribution in [-0.4, -0.2) is 18.1 Å². The lowest BCUT2D eigenvalue weighted by Gasteiger charge is -2.08. The number of benzene rings is 2. The predicted molar refractivity (Wildman–Crippen MR) is 72.2 cm³/mol. The molecule has 2 N–H and O–H groups in total. The lowest BCUT2D eigenvalue weighted by molar-refractivity contribution is 0.0950. The summed E-state index contributed by atoms with van der Waals surface area (Å²) in [4.78, 5) is 11.9. The Balaban J connectivity index is 2.06. The zero-order chi connectivity index (χ0) is 15.4. The van der Waals surface area contributed by atoms with Crippen molar-refractivity contribution in [2.24, 2.45) is 0 Å². The molecule has 0 saturated carbocycles. The number of carbonyl (C=O) groups is 1. The van der Waals surface area contributed by atoms with Crippen molar-refractivity contribution in [2.75, 3.05) is 7.11 Å². The van der Waals surface area contributed by atoms with Crippen LogP contribution in [0, 0.1) is 11.6 Å². The second-order valence-corrected chi connectivity index (χ2v) is 4.31. The highest BCUT2D eigenvalue weighted by Crippen LogP contribution is 2.26. The smallest absolute Gasteiger partial charge is 0.251 e. The van der Waals surface area contributed by atoms with Crippen molar-refractivity contribution in [1.82, 2.24) is 5.32 Å². The fraction of sp³-hybridized carbons (Fsp3) is 0.133. The number of phenolic OH excluding ortho intramolecular Hbond substituents is 1. The van der Waals surface area contributed by atoms with E-state index in [4.69, 9.17) is 4.74 Å². The van der Waals surface area contributed by atoms with Crippen molar-refractivity contribution < 1.29 is 23.4 Å². The molecule has 0 atom stereocenters. The van der Waals surface area contributed by atoms with Gasteiger partial charge < -0.3 is 15.2 Å². The molecule has 0 radical (unpaired) electrons. The normalized spacial score (nSPS) is 10.2. The van der Waals surface area contributed by atoms with E-state index in [1.165, 1.54) is 31.4 Å². The third-order valence-electron chi connectivity index (χ3n) is 2.90. The van der Waals surface area contributed by atoms with Crippen LogP contribution in [0.3, 0.4) is 0 Å². The van der Waals surface area contributed by atoms with E-state index in [2.05, 4.69) is 5.32 Å². The largest absolute Gasteiger partial charge is 0.504 e. The minimum atomic E-state index is -0.729. The zero-order valence-corrected chi connectivity index (χ0v) is 11.2. The number of hydrogen-bond donors (Lipinski definition) is 2. The van der Waals surface area contributed by atoms with E-state index in [1.54, 1.807) is 0 Å². The summed E-state index contributed by atoms with van der Waals surface area (Å²) in [6.07, 6.45) is 0. The number of halogens is 2. The highest BCUT2D eigenvalue weighted by Gasteiger charge is 2.10. The molecule has 0 aliphatic rings. The molecule has 1 amide bonds. The van der Waals surface area contributed by atoms with Gasteiger partial charge in [0.25, 0.3) is 5.91 Å². The molecule has 0 aliphatic carbocycles. The SMILES string of the molecule is COc1ccc(C(=O)NCc2ccc(F)cc2F)cc1O. The van der Waals surface area contributed by atoms with Crippen LogP contribution in [0.15, 0.2) is 36.4 Å². The van der Waals surface area contributed by atoms with Gasteiger partial charge in [-0.1, -0.05) is 6.07 Å². The Labute approximate surface area is 120 Å². The van der Waals surface area contributed by atoms with Crippen molar-refractivity contribution >= 4 is 5.91 Å². The molecule has 0 aliphatic heterocycles. The van der Waals surface area contributed by atoms with Crippen LogP contribution in [0.1, 0.15) is 15.9 Å². The maximum atomic E-state index is 13.4. The van der Waals surface area contributed by atoms with Crippen molar-refractivity contribution in [3.05, 3.63) is 59.2 Å². The van der Waals surface area contributed by atoms with Gasteiger partial charge in [0, 0.05) is 23.7 Å². The van der Waals surface area contributed by atoms with Crippen LogP contribution >= 0.6 is 0 Å².